The number of para-hydroxylation sites is 1. The fraction of sp³-hybridized carbons (Fsp3) is 0.480. The number of rotatable bonds is 11. The molecule has 0 unspecified atom stereocenters. The second-order valence-electron chi connectivity index (χ2n) is 7.65. The van der Waals surface area contributed by atoms with E-state index in [9.17, 15) is 4.79 Å². The smallest absolute Gasteiger partial charge is 0.264 e. The topological polar surface area (TPSA) is 38.8 Å². The molecule has 4 heteroatoms. The lowest BCUT2D eigenvalue weighted by Gasteiger charge is -2.29. The molecule has 1 aliphatic rings. The van der Waals surface area contributed by atoms with Gasteiger partial charge in [-0.25, -0.2) is 0 Å². The van der Waals surface area contributed by atoms with Crippen LogP contribution in [0.1, 0.15) is 57.4 Å². The maximum absolute atomic E-state index is 12.6. The van der Waals surface area contributed by atoms with E-state index >= 15 is 0 Å². The fourth-order valence-electron chi connectivity index (χ4n) is 3.72. The van der Waals surface area contributed by atoms with Gasteiger partial charge in [-0.3, -0.25) is 4.79 Å². The second-order valence-corrected chi connectivity index (χ2v) is 7.65. The van der Waals surface area contributed by atoms with Gasteiger partial charge < -0.3 is 14.4 Å². The van der Waals surface area contributed by atoms with E-state index in [4.69, 9.17) is 9.47 Å². The lowest BCUT2D eigenvalue weighted by atomic mass is 10.0. The van der Waals surface area contributed by atoms with Gasteiger partial charge in [-0.1, -0.05) is 57.2 Å². The highest BCUT2D eigenvalue weighted by molar-refractivity contribution is 5.95. The monoisotopic (exact) mass is 395 g/mol. The number of unbranched alkanes of at least 4 members (excludes halogenated alkanes) is 5. The molecule has 29 heavy (non-hydrogen) atoms. The summed E-state index contributed by atoms with van der Waals surface area (Å²) in [5, 5.41) is 0. The van der Waals surface area contributed by atoms with Gasteiger partial charge in [0.2, 0.25) is 0 Å². The first-order chi connectivity index (χ1) is 14.3. The Balaban J connectivity index is 1.40. The maximum Gasteiger partial charge on any atom is 0.264 e. The van der Waals surface area contributed by atoms with Crippen molar-refractivity contribution in [3.8, 4) is 11.5 Å². The van der Waals surface area contributed by atoms with Crippen LogP contribution < -0.4 is 14.4 Å². The van der Waals surface area contributed by atoms with Gasteiger partial charge in [0.1, 0.15) is 11.5 Å². The summed E-state index contributed by atoms with van der Waals surface area (Å²) in [5.74, 6) is 1.54. The van der Waals surface area contributed by atoms with Crippen LogP contribution in [0.2, 0.25) is 0 Å². The van der Waals surface area contributed by atoms with Crippen molar-refractivity contribution in [2.45, 2.75) is 58.3 Å². The van der Waals surface area contributed by atoms with Crippen molar-refractivity contribution in [3.63, 3.8) is 0 Å². The summed E-state index contributed by atoms with van der Waals surface area (Å²) in [7, 11) is 0. The first-order valence-electron chi connectivity index (χ1n) is 11.0. The van der Waals surface area contributed by atoms with Crippen molar-refractivity contribution in [2.24, 2.45) is 0 Å². The van der Waals surface area contributed by atoms with Crippen LogP contribution in [0.4, 0.5) is 5.69 Å². The molecule has 0 saturated heterocycles. The van der Waals surface area contributed by atoms with Gasteiger partial charge in [0, 0.05) is 12.2 Å². The highest BCUT2D eigenvalue weighted by Gasteiger charge is 2.22. The molecule has 3 rings (SSSR count). The quantitative estimate of drug-likeness (QED) is 0.452. The number of aryl methyl sites for hydroxylation is 1. The first kappa shape index (κ1) is 21.2. The number of benzene rings is 2. The van der Waals surface area contributed by atoms with Crippen LogP contribution in [0, 0.1) is 0 Å². The van der Waals surface area contributed by atoms with Gasteiger partial charge in [-0.05, 0) is 55.2 Å². The molecule has 1 amide bonds. The number of nitrogens with zero attached hydrogens (tertiary/aromatic N) is 1. The zero-order chi connectivity index (χ0) is 20.3. The highest BCUT2D eigenvalue weighted by atomic mass is 16.5. The molecule has 0 fully saturated rings. The third-order valence-electron chi connectivity index (χ3n) is 5.36. The molecule has 1 aliphatic heterocycles. The number of amides is 1. The Morgan fingerprint density at radius 2 is 1.59 bits per heavy atom. The van der Waals surface area contributed by atoms with E-state index in [1.165, 1.54) is 37.7 Å². The molecule has 2 aromatic carbocycles. The maximum atomic E-state index is 12.6. The molecule has 156 valence electrons. The number of carbonyl (C=O) groups is 1. The first-order valence-corrected chi connectivity index (χ1v) is 11.0. The molecule has 0 N–H and O–H groups in total. The molecule has 1 heterocycles. The summed E-state index contributed by atoms with van der Waals surface area (Å²) in [4.78, 5) is 14.5. The Bertz CT molecular complexity index is 757. The highest BCUT2D eigenvalue weighted by Crippen LogP contribution is 2.27. The molecule has 0 saturated carbocycles. The molecule has 0 radical (unpaired) electrons. The summed E-state index contributed by atoms with van der Waals surface area (Å²) in [6, 6.07) is 15.7. The minimum Gasteiger partial charge on any atom is -0.494 e. The molecule has 0 atom stereocenters. The Labute approximate surface area is 174 Å². The Morgan fingerprint density at radius 1 is 0.897 bits per heavy atom. The third-order valence-corrected chi connectivity index (χ3v) is 5.36. The molecule has 0 spiro atoms. The zero-order valence-electron chi connectivity index (χ0n) is 17.6. The molecular formula is C25H33NO3. The van der Waals surface area contributed by atoms with E-state index in [-0.39, 0.29) is 12.5 Å². The van der Waals surface area contributed by atoms with E-state index in [1.807, 2.05) is 47.4 Å². The van der Waals surface area contributed by atoms with Crippen molar-refractivity contribution < 1.29 is 14.3 Å². The van der Waals surface area contributed by atoms with E-state index in [0.29, 0.717) is 5.75 Å². The molecule has 0 aromatic heterocycles. The second kappa shape index (κ2) is 11.5. The average Bonchev–Trinajstić information content (AvgIpc) is 2.77. The standard InChI is InChI=1S/C25H33NO3/c1-2-3-4-5-6-9-19-28-22-14-16-23(17-15-22)29-20-25(27)26-18-10-12-21-11-7-8-13-24(21)26/h7-8,11,13-17H,2-6,9-10,12,18-20H2,1H3. The predicted molar refractivity (Wildman–Crippen MR) is 118 cm³/mol. The van der Waals surface area contributed by atoms with E-state index in [0.717, 1.165) is 43.9 Å². The molecule has 0 aliphatic carbocycles. The van der Waals surface area contributed by atoms with Crippen molar-refractivity contribution in [3.05, 3.63) is 54.1 Å². The SMILES string of the molecule is CCCCCCCCOc1ccc(OCC(=O)N2CCCc3ccccc32)cc1. The number of hydrogen-bond acceptors (Lipinski definition) is 3. The van der Waals surface area contributed by atoms with Crippen molar-refractivity contribution in [1.82, 2.24) is 0 Å². The van der Waals surface area contributed by atoms with E-state index in [2.05, 4.69) is 13.0 Å². The van der Waals surface area contributed by atoms with Crippen molar-refractivity contribution >= 4 is 11.6 Å². The lowest BCUT2D eigenvalue weighted by Crippen LogP contribution is -2.38. The van der Waals surface area contributed by atoms with Crippen LogP contribution in [0.15, 0.2) is 48.5 Å². The zero-order valence-corrected chi connectivity index (χ0v) is 17.6. The summed E-state index contributed by atoms with van der Waals surface area (Å²) < 4.78 is 11.5. The summed E-state index contributed by atoms with van der Waals surface area (Å²) >= 11 is 0. The van der Waals surface area contributed by atoms with Crippen LogP contribution in [-0.4, -0.2) is 25.7 Å². The number of ether oxygens (including phenoxy) is 2. The molecule has 4 nitrogen and oxygen atoms in total. The fourth-order valence-corrected chi connectivity index (χ4v) is 3.72. The van der Waals surface area contributed by atoms with Gasteiger partial charge in [0.05, 0.1) is 6.61 Å². The molecule has 2 aromatic rings. The van der Waals surface area contributed by atoms with E-state index in [1.54, 1.807) is 0 Å². The number of fused-ring (bicyclic) bond motifs is 1. The van der Waals surface area contributed by atoms with Crippen LogP contribution in [0.3, 0.4) is 0 Å². The molecule has 0 bridgehead atoms. The largest absolute Gasteiger partial charge is 0.494 e. The Hall–Kier alpha value is -2.49. The predicted octanol–water partition coefficient (Wildman–Crippen LogP) is 5.78. The summed E-state index contributed by atoms with van der Waals surface area (Å²) in [6.45, 7) is 3.79. The summed E-state index contributed by atoms with van der Waals surface area (Å²) in [6.07, 6.45) is 9.56. The Kier molecular flexibility index (Phi) is 8.41. The normalized spacial score (nSPS) is 13.1. The van der Waals surface area contributed by atoms with E-state index < -0.39 is 0 Å². The third kappa shape index (κ3) is 6.52. The van der Waals surface area contributed by atoms with Crippen LogP contribution >= 0.6 is 0 Å². The number of carbonyl (C=O) groups excluding carboxylic acids is 1. The van der Waals surface area contributed by atoms with Crippen LogP contribution in [0.25, 0.3) is 0 Å². The van der Waals surface area contributed by atoms with Gasteiger partial charge in [0.15, 0.2) is 6.61 Å². The Morgan fingerprint density at radius 3 is 2.38 bits per heavy atom. The minimum absolute atomic E-state index is 0.000509. The number of hydrogen-bond donors (Lipinski definition) is 0. The van der Waals surface area contributed by atoms with Crippen molar-refractivity contribution in [2.75, 3.05) is 24.7 Å². The average molecular weight is 396 g/mol. The number of anilines is 1. The minimum atomic E-state index is 0.000509. The van der Waals surface area contributed by atoms with Gasteiger partial charge in [0.25, 0.3) is 5.91 Å². The van der Waals surface area contributed by atoms with Crippen molar-refractivity contribution in [1.29, 1.82) is 0 Å². The molecular weight excluding hydrogens is 362 g/mol. The lowest BCUT2D eigenvalue weighted by molar-refractivity contribution is -0.120. The summed E-state index contributed by atoms with van der Waals surface area (Å²) in [5.41, 5.74) is 2.25. The van der Waals surface area contributed by atoms with Gasteiger partial charge in [-0.15, -0.1) is 0 Å². The van der Waals surface area contributed by atoms with Gasteiger partial charge in [-0.2, -0.15) is 0 Å². The van der Waals surface area contributed by atoms with Crippen LogP contribution in [0.5, 0.6) is 11.5 Å². The van der Waals surface area contributed by atoms with Crippen LogP contribution in [-0.2, 0) is 11.2 Å². The van der Waals surface area contributed by atoms with Gasteiger partial charge >= 0.3 is 0 Å².